The minimum absolute atomic E-state index is 0.0280. The highest BCUT2D eigenvalue weighted by atomic mass is 32.2. The summed E-state index contributed by atoms with van der Waals surface area (Å²) >= 11 is 0. The molecular formula is C13H14N4O4S. The lowest BCUT2D eigenvalue weighted by molar-refractivity contribution is -0.122. The third kappa shape index (κ3) is 2.62. The van der Waals surface area contributed by atoms with Crippen LogP contribution < -0.4 is 14.8 Å². The van der Waals surface area contributed by atoms with E-state index >= 15 is 0 Å². The van der Waals surface area contributed by atoms with Gasteiger partial charge in [-0.15, -0.1) is 0 Å². The van der Waals surface area contributed by atoms with Crippen molar-refractivity contribution >= 4 is 27.4 Å². The number of hydrogen-bond donors (Lipinski definition) is 2. The normalized spacial score (nSPS) is 17.4. The highest BCUT2D eigenvalue weighted by Crippen LogP contribution is 2.32. The van der Waals surface area contributed by atoms with Crippen LogP contribution in [0.3, 0.4) is 0 Å². The third-order valence-corrected chi connectivity index (χ3v) is 4.50. The van der Waals surface area contributed by atoms with Crippen molar-refractivity contribution in [1.29, 1.82) is 0 Å². The average Bonchev–Trinajstić information content (AvgIpc) is 2.84. The first kappa shape index (κ1) is 14.4. The molecule has 2 N–H and O–H groups in total. The van der Waals surface area contributed by atoms with Crippen molar-refractivity contribution in [3.63, 3.8) is 0 Å². The molecule has 2 aromatic rings. The summed E-state index contributed by atoms with van der Waals surface area (Å²) in [5.41, 5.74) is 0.444. The molecule has 0 saturated carbocycles. The minimum atomic E-state index is -3.78. The molecule has 1 unspecified atom stereocenters. The first-order valence-electron chi connectivity index (χ1n) is 6.49. The molecule has 0 aliphatic carbocycles. The maximum atomic E-state index is 12.3. The number of amides is 1. The third-order valence-electron chi connectivity index (χ3n) is 3.15. The SMILES string of the molecule is CC1Oc2cc(S(=O)(=O)Nc3ccn(C)n3)ccc2NC1=O. The van der Waals surface area contributed by atoms with Crippen LogP contribution in [0.25, 0.3) is 0 Å². The lowest BCUT2D eigenvalue weighted by Gasteiger charge is -2.23. The van der Waals surface area contributed by atoms with Crippen LogP contribution in [0.15, 0.2) is 35.4 Å². The van der Waals surface area contributed by atoms with E-state index in [2.05, 4.69) is 15.1 Å². The molecule has 2 heterocycles. The van der Waals surface area contributed by atoms with Gasteiger partial charge in [0.1, 0.15) is 5.75 Å². The Labute approximate surface area is 127 Å². The Hall–Kier alpha value is -2.55. The van der Waals surface area contributed by atoms with Gasteiger partial charge in [-0.2, -0.15) is 5.10 Å². The van der Waals surface area contributed by atoms with Gasteiger partial charge in [-0.3, -0.25) is 14.2 Å². The first-order chi connectivity index (χ1) is 10.3. The number of rotatable bonds is 3. The number of nitrogens with zero attached hydrogens (tertiary/aromatic N) is 2. The van der Waals surface area contributed by atoms with E-state index in [0.29, 0.717) is 11.4 Å². The van der Waals surface area contributed by atoms with E-state index in [0.717, 1.165) is 0 Å². The molecule has 0 radical (unpaired) electrons. The largest absolute Gasteiger partial charge is 0.479 e. The van der Waals surface area contributed by atoms with Crippen LogP contribution in [0, 0.1) is 0 Å². The zero-order valence-corrected chi connectivity index (χ0v) is 12.7. The average molecular weight is 322 g/mol. The Kier molecular flexibility index (Phi) is 3.28. The lowest BCUT2D eigenvalue weighted by atomic mass is 10.2. The van der Waals surface area contributed by atoms with Crippen LogP contribution in [0.2, 0.25) is 0 Å². The zero-order valence-electron chi connectivity index (χ0n) is 11.9. The Bertz CT molecular complexity index is 843. The molecule has 8 nitrogen and oxygen atoms in total. The second-order valence-electron chi connectivity index (χ2n) is 4.89. The molecule has 0 saturated heterocycles. The van der Waals surface area contributed by atoms with Gasteiger partial charge in [0.15, 0.2) is 11.9 Å². The van der Waals surface area contributed by atoms with Crippen molar-refractivity contribution in [3.8, 4) is 5.75 Å². The fourth-order valence-electron chi connectivity index (χ4n) is 2.02. The van der Waals surface area contributed by atoms with Gasteiger partial charge in [-0.1, -0.05) is 0 Å². The highest BCUT2D eigenvalue weighted by Gasteiger charge is 2.25. The number of hydrogen-bond acceptors (Lipinski definition) is 5. The van der Waals surface area contributed by atoms with E-state index in [1.807, 2.05) is 0 Å². The number of aryl methyl sites for hydroxylation is 1. The van der Waals surface area contributed by atoms with Crippen LogP contribution in [-0.4, -0.2) is 30.2 Å². The molecule has 116 valence electrons. The van der Waals surface area contributed by atoms with E-state index in [4.69, 9.17) is 4.74 Å². The quantitative estimate of drug-likeness (QED) is 0.875. The zero-order chi connectivity index (χ0) is 15.9. The second-order valence-corrected chi connectivity index (χ2v) is 6.57. The summed E-state index contributed by atoms with van der Waals surface area (Å²) in [6.45, 7) is 1.59. The number of ether oxygens (including phenoxy) is 1. The fraction of sp³-hybridized carbons (Fsp3) is 0.231. The van der Waals surface area contributed by atoms with Crippen molar-refractivity contribution in [1.82, 2.24) is 9.78 Å². The van der Waals surface area contributed by atoms with Crippen molar-refractivity contribution < 1.29 is 17.9 Å². The van der Waals surface area contributed by atoms with Gasteiger partial charge in [0.05, 0.1) is 10.6 Å². The monoisotopic (exact) mass is 322 g/mol. The molecule has 0 bridgehead atoms. The second kappa shape index (κ2) is 5.02. The van der Waals surface area contributed by atoms with Gasteiger partial charge in [0.2, 0.25) is 0 Å². The van der Waals surface area contributed by atoms with Crippen molar-refractivity contribution in [2.45, 2.75) is 17.9 Å². The molecule has 9 heteroatoms. The highest BCUT2D eigenvalue weighted by molar-refractivity contribution is 7.92. The van der Waals surface area contributed by atoms with E-state index in [1.165, 1.54) is 22.9 Å². The van der Waals surface area contributed by atoms with E-state index < -0.39 is 16.1 Å². The summed E-state index contributed by atoms with van der Waals surface area (Å²) in [7, 11) is -2.09. The number of benzene rings is 1. The van der Waals surface area contributed by atoms with Crippen LogP contribution in [-0.2, 0) is 21.9 Å². The maximum Gasteiger partial charge on any atom is 0.265 e. The van der Waals surface area contributed by atoms with Crippen LogP contribution in [0.1, 0.15) is 6.92 Å². The number of fused-ring (bicyclic) bond motifs is 1. The summed E-state index contributed by atoms with van der Waals surface area (Å²) in [5.74, 6) is 0.272. The lowest BCUT2D eigenvalue weighted by Crippen LogP contribution is -2.34. The number of anilines is 2. The van der Waals surface area contributed by atoms with Gasteiger partial charge in [-0.05, 0) is 19.1 Å². The fourth-order valence-corrected chi connectivity index (χ4v) is 3.03. The Morgan fingerprint density at radius 1 is 1.36 bits per heavy atom. The molecule has 0 fully saturated rings. The molecule has 1 atom stereocenters. The molecule has 3 rings (SSSR count). The Balaban J connectivity index is 1.92. The van der Waals surface area contributed by atoms with Crippen molar-refractivity contribution in [2.75, 3.05) is 10.0 Å². The number of carbonyl (C=O) groups excluding carboxylic acids is 1. The minimum Gasteiger partial charge on any atom is -0.479 e. The molecule has 1 amide bonds. The van der Waals surface area contributed by atoms with E-state index in [1.54, 1.807) is 26.2 Å². The molecule has 22 heavy (non-hydrogen) atoms. The van der Waals surface area contributed by atoms with E-state index in [9.17, 15) is 13.2 Å². The predicted octanol–water partition coefficient (Wildman–Crippen LogP) is 0.940. The molecule has 0 spiro atoms. The summed E-state index contributed by atoms with van der Waals surface area (Å²) in [6.07, 6.45) is 0.958. The number of aromatic nitrogens is 2. The number of carbonyl (C=O) groups is 1. The summed E-state index contributed by atoms with van der Waals surface area (Å²) in [4.78, 5) is 11.5. The van der Waals surface area contributed by atoms with Gasteiger partial charge in [0.25, 0.3) is 15.9 Å². The maximum absolute atomic E-state index is 12.3. The predicted molar refractivity (Wildman–Crippen MR) is 79.2 cm³/mol. The Morgan fingerprint density at radius 3 is 2.82 bits per heavy atom. The summed E-state index contributed by atoms with van der Waals surface area (Å²) in [6, 6.07) is 5.81. The molecule has 1 aromatic carbocycles. The molecule has 1 aliphatic heterocycles. The first-order valence-corrected chi connectivity index (χ1v) is 7.97. The van der Waals surface area contributed by atoms with Gasteiger partial charge < -0.3 is 10.1 Å². The number of nitrogens with one attached hydrogen (secondary N) is 2. The van der Waals surface area contributed by atoms with Crippen molar-refractivity contribution in [2.24, 2.45) is 7.05 Å². The van der Waals surface area contributed by atoms with Crippen LogP contribution in [0.5, 0.6) is 5.75 Å². The molecular weight excluding hydrogens is 308 g/mol. The van der Waals surface area contributed by atoms with Crippen molar-refractivity contribution in [3.05, 3.63) is 30.5 Å². The number of sulfonamides is 1. The topological polar surface area (TPSA) is 102 Å². The van der Waals surface area contributed by atoms with Gasteiger partial charge in [0, 0.05) is 25.4 Å². The smallest absolute Gasteiger partial charge is 0.265 e. The molecule has 1 aromatic heterocycles. The summed E-state index contributed by atoms with van der Waals surface area (Å²) in [5, 5.41) is 6.62. The Morgan fingerprint density at radius 2 is 2.14 bits per heavy atom. The van der Waals surface area contributed by atoms with E-state index in [-0.39, 0.29) is 16.6 Å². The van der Waals surface area contributed by atoms with Gasteiger partial charge in [-0.25, -0.2) is 8.42 Å². The molecule has 1 aliphatic rings. The van der Waals surface area contributed by atoms with Crippen LogP contribution >= 0.6 is 0 Å². The van der Waals surface area contributed by atoms with Gasteiger partial charge >= 0.3 is 0 Å². The standard InChI is InChI=1S/C13H14N4O4S/c1-8-13(18)14-10-4-3-9(7-11(10)21-8)22(19,20)16-12-5-6-17(2)15-12/h3-8H,1-2H3,(H,14,18)(H,15,16). The summed E-state index contributed by atoms with van der Waals surface area (Å²) < 4.78 is 34.0. The van der Waals surface area contributed by atoms with Crippen LogP contribution in [0.4, 0.5) is 11.5 Å².